The third-order valence-corrected chi connectivity index (χ3v) is 11.2. The molecule has 5 nitrogen and oxygen atoms in total. The van der Waals surface area contributed by atoms with Gasteiger partial charge in [0, 0.05) is 51.9 Å². The molecule has 2 spiro atoms. The summed E-state index contributed by atoms with van der Waals surface area (Å²) in [6, 6.07) is 43.0. The number of fused-ring (bicyclic) bond motifs is 3. The number of anilines is 1. The van der Waals surface area contributed by atoms with Crippen LogP contribution in [0, 0.1) is 5.41 Å². The lowest BCUT2D eigenvalue weighted by atomic mass is 9.55. The van der Waals surface area contributed by atoms with Crippen molar-refractivity contribution < 1.29 is 9.59 Å². The van der Waals surface area contributed by atoms with Gasteiger partial charge < -0.3 is 10.2 Å². The average Bonchev–Trinajstić information content (AvgIpc) is 3.58. The van der Waals surface area contributed by atoms with Crippen LogP contribution in [0.1, 0.15) is 33.7 Å². The van der Waals surface area contributed by atoms with Gasteiger partial charge in [-0.1, -0.05) is 138 Å². The number of rotatable bonds is 6. The van der Waals surface area contributed by atoms with Crippen molar-refractivity contribution in [3.63, 3.8) is 0 Å². The number of hydrogen-bond acceptors (Lipinski definition) is 4. The van der Waals surface area contributed by atoms with Crippen molar-refractivity contribution >= 4 is 52.7 Å². The van der Waals surface area contributed by atoms with E-state index in [9.17, 15) is 4.79 Å². The molecule has 0 saturated carbocycles. The molecule has 3 aliphatic rings. The predicted molar refractivity (Wildman–Crippen MR) is 202 cm³/mol. The number of nitrogens with zero attached hydrogens (tertiary/aromatic N) is 1. The third kappa shape index (κ3) is 5.28. The first kappa shape index (κ1) is 32.3. The second-order valence-electron chi connectivity index (χ2n) is 13.3. The summed E-state index contributed by atoms with van der Waals surface area (Å²) in [5, 5.41) is 8.16. The first-order chi connectivity index (χ1) is 24.4. The second-order valence-corrected chi connectivity index (χ2v) is 14.1. The van der Waals surface area contributed by atoms with E-state index in [1.54, 1.807) is 0 Å². The number of halogens is 2. The molecule has 5 aromatic carbocycles. The number of amides is 1. The van der Waals surface area contributed by atoms with Crippen LogP contribution < -0.4 is 10.6 Å². The number of carbonyl (C=O) groups is 2. The highest BCUT2D eigenvalue weighted by atomic mass is 35.5. The van der Waals surface area contributed by atoms with Crippen molar-refractivity contribution in [2.24, 2.45) is 5.41 Å². The lowest BCUT2D eigenvalue weighted by molar-refractivity contribution is -0.141. The monoisotopic (exact) mass is 695 g/mol. The number of carbonyl (C=O) groups excluding carboxylic acids is 2. The fraction of sp³-hybridized carbons (Fsp3) is 0.163. The van der Waals surface area contributed by atoms with E-state index in [-0.39, 0.29) is 24.3 Å². The number of hydrogen-bond donors (Lipinski definition) is 2. The molecule has 0 aliphatic carbocycles. The topological polar surface area (TPSA) is 61.4 Å². The molecule has 248 valence electrons. The standard InChI is InChI=1S/C43H35Cl2N3O2/c44-35-20-10-7-17-31(35)26-32-27-48(24-23-29-13-3-1-4-14-29)28-42(40(32)49)39(33-18-8-11-21-36(33)45)38(25-30-15-5-2-6-16-30)47-43(42)34-19-9-12-22-37(34)46-41(43)50/h1-24,26,38-39,47H,25,27-28H2,(H,46,50)/b24-23+,32-26+/t38-,39-,42-,43?/m1/s1. The number of para-hydroxylation sites is 1. The van der Waals surface area contributed by atoms with Crippen molar-refractivity contribution in [3.8, 4) is 0 Å². The van der Waals surface area contributed by atoms with Gasteiger partial charge in [0.1, 0.15) is 5.54 Å². The van der Waals surface area contributed by atoms with Crippen LogP contribution in [0.15, 0.2) is 145 Å². The maximum absolute atomic E-state index is 15.9. The lowest BCUT2D eigenvalue weighted by Crippen LogP contribution is -2.65. The summed E-state index contributed by atoms with van der Waals surface area (Å²) in [7, 11) is 0. The summed E-state index contributed by atoms with van der Waals surface area (Å²) in [5.74, 6) is -0.837. The quantitative estimate of drug-likeness (QED) is 0.174. The minimum Gasteiger partial charge on any atom is -0.372 e. The maximum Gasteiger partial charge on any atom is 0.250 e. The first-order valence-electron chi connectivity index (χ1n) is 16.8. The third-order valence-electron chi connectivity index (χ3n) is 10.5. The normalized spacial score (nSPS) is 25.2. The molecule has 0 aromatic heterocycles. The lowest BCUT2D eigenvalue weighted by Gasteiger charge is -2.50. The summed E-state index contributed by atoms with van der Waals surface area (Å²) in [6.07, 6.45) is 6.58. The van der Waals surface area contributed by atoms with Crippen LogP contribution in [0.2, 0.25) is 10.0 Å². The van der Waals surface area contributed by atoms with Crippen molar-refractivity contribution in [1.82, 2.24) is 10.2 Å². The van der Waals surface area contributed by atoms with Gasteiger partial charge in [0.05, 0.1) is 5.41 Å². The van der Waals surface area contributed by atoms with Gasteiger partial charge in [0.15, 0.2) is 5.78 Å². The largest absolute Gasteiger partial charge is 0.372 e. The Kier molecular flexibility index (Phi) is 8.44. The highest BCUT2D eigenvalue weighted by Crippen LogP contribution is 2.63. The van der Waals surface area contributed by atoms with Gasteiger partial charge in [-0.3, -0.25) is 14.9 Å². The van der Waals surface area contributed by atoms with E-state index in [1.807, 2.05) is 134 Å². The van der Waals surface area contributed by atoms with Crippen LogP contribution in [0.5, 0.6) is 0 Å². The molecule has 2 N–H and O–H groups in total. The smallest absolute Gasteiger partial charge is 0.250 e. The fourth-order valence-corrected chi connectivity index (χ4v) is 8.91. The Morgan fingerprint density at radius 2 is 1.42 bits per heavy atom. The van der Waals surface area contributed by atoms with Gasteiger partial charge in [-0.15, -0.1) is 0 Å². The molecule has 3 aliphatic heterocycles. The van der Waals surface area contributed by atoms with E-state index in [4.69, 9.17) is 23.2 Å². The fourth-order valence-electron chi connectivity index (χ4n) is 8.46. The number of ketones is 1. The van der Waals surface area contributed by atoms with E-state index in [0.717, 1.165) is 27.8 Å². The first-order valence-corrected chi connectivity index (χ1v) is 17.6. The Bertz CT molecular complexity index is 2150. The van der Waals surface area contributed by atoms with Crippen LogP contribution in [0.3, 0.4) is 0 Å². The molecule has 50 heavy (non-hydrogen) atoms. The molecule has 4 atom stereocenters. The maximum atomic E-state index is 15.9. The molecule has 2 fully saturated rings. The van der Waals surface area contributed by atoms with E-state index >= 15 is 4.79 Å². The minimum absolute atomic E-state index is 0.0957. The summed E-state index contributed by atoms with van der Waals surface area (Å²) >= 11 is 13.8. The van der Waals surface area contributed by atoms with Gasteiger partial charge in [0.2, 0.25) is 0 Å². The van der Waals surface area contributed by atoms with Crippen molar-refractivity contribution in [3.05, 3.63) is 183 Å². The molecule has 0 radical (unpaired) electrons. The Labute approximate surface area is 302 Å². The average molecular weight is 697 g/mol. The summed E-state index contributed by atoms with van der Waals surface area (Å²) in [6.45, 7) is 0.609. The van der Waals surface area contributed by atoms with E-state index in [2.05, 4.69) is 33.7 Å². The second kappa shape index (κ2) is 13.1. The molecule has 1 unspecified atom stereocenters. The Balaban J connectivity index is 1.41. The van der Waals surface area contributed by atoms with E-state index in [0.29, 0.717) is 34.3 Å². The Morgan fingerprint density at radius 3 is 2.18 bits per heavy atom. The molecule has 5 aromatic rings. The van der Waals surface area contributed by atoms with E-state index < -0.39 is 16.9 Å². The molecule has 1 amide bonds. The molecule has 2 saturated heterocycles. The minimum atomic E-state index is -1.41. The zero-order chi connectivity index (χ0) is 34.3. The van der Waals surface area contributed by atoms with Crippen molar-refractivity contribution in [2.45, 2.75) is 23.9 Å². The van der Waals surface area contributed by atoms with Crippen LogP contribution >= 0.6 is 23.2 Å². The van der Waals surface area contributed by atoms with Gasteiger partial charge >= 0.3 is 0 Å². The zero-order valence-corrected chi connectivity index (χ0v) is 28.7. The Morgan fingerprint density at radius 1 is 0.760 bits per heavy atom. The molecular formula is C43H35Cl2N3O2. The molecular weight excluding hydrogens is 661 g/mol. The van der Waals surface area contributed by atoms with Crippen LogP contribution in [0.25, 0.3) is 12.2 Å². The number of likely N-dealkylation sites (tertiary alicyclic amines) is 1. The van der Waals surface area contributed by atoms with Gasteiger partial charge in [0.25, 0.3) is 5.91 Å². The molecule has 3 heterocycles. The summed E-state index contributed by atoms with van der Waals surface area (Å²) in [5.41, 5.74) is 2.98. The highest BCUT2D eigenvalue weighted by molar-refractivity contribution is 6.32. The number of nitrogens with one attached hydrogen (secondary N) is 2. The zero-order valence-electron chi connectivity index (χ0n) is 27.2. The van der Waals surface area contributed by atoms with Crippen molar-refractivity contribution in [1.29, 1.82) is 0 Å². The number of benzene rings is 5. The van der Waals surface area contributed by atoms with Crippen LogP contribution in [-0.2, 0) is 21.5 Å². The summed E-state index contributed by atoms with van der Waals surface area (Å²) in [4.78, 5) is 32.9. The summed E-state index contributed by atoms with van der Waals surface area (Å²) < 4.78 is 0. The van der Waals surface area contributed by atoms with Crippen LogP contribution in [-0.4, -0.2) is 35.7 Å². The molecule has 8 rings (SSSR count). The predicted octanol–water partition coefficient (Wildman–Crippen LogP) is 8.76. The molecule has 0 bridgehead atoms. The SMILES string of the molecule is O=C1Nc2ccccc2C12N[C@H](Cc1ccccc1)[C@@H](c1ccccc1Cl)[C@@]21CN(/C=C/c2ccccc2)C/C(=C\c2ccccc2Cl)C1=O. The van der Waals surface area contributed by atoms with Crippen molar-refractivity contribution in [2.75, 3.05) is 18.4 Å². The molecule has 7 heteroatoms. The van der Waals surface area contributed by atoms with Crippen LogP contribution in [0.4, 0.5) is 5.69 Å². The number of piperidine rings is 1. The van der Waals surface area contributed by atoms with Gasteiger partial charge in [-0.25, -0.2) is 0 Å². The van der Waals surface area contributed by atoms with E-state index in [1.165, 1.54) is 0 Å². The highest BCUT2D eigenvalue weighted by Gasteiger charge is 2.75. The van der Waals surface area contributed by atoms with Gasteiger partial charge in [-0.05, 0) is 65.2 Å². The Hall–Kier alpha value is -4.94. The van der Waals surface area contributed by atoms with Gasteiger partial charge in [-0.2, -0.15) is 0 Å². The number of Topliss-reactive ketones (excluding diaryl/α,β-unsaturated/α-hetero) is 1.